The van der Waals surface area contributed by atoms with Crippen molar-refractivity contribution in [3.8, 4) is 11.5 Å². The van der Waals surface area contributed by atoms with Crippen molar-refractivity contribution in [1.29, 1.82) is 0 Å². The molecule has 0 saturated carbocycles. The highest BCUT2D eigenvalue weighted by molar-refractivity contribution is 7.89. The third kappa shape index (κ3) is 3.22. The number of nitrogens with one attached hydrogen (secondary N) is 1. The van der Waals surface area contributed by atoms with Gasteiger partial charge in [0.25, 0.3) is 0 Å². The summed E-state index contributed by atoms with van der Waals surface area (Å²) in [6.07, 6.45) is 4.01. The molecule has 5 nitrogen and oxygen atoms in total. The van der Waals surface area contributed by atoms with Gasteiger partial charge in [-0.3, -0.25) is 0 Å². The molecule has 0 aromatic heterocycles. The normalized spacial score (nSPS) is 16.0. The predicted molar refractivity (Wildman–Crippen MR) is 85.2 cm³/mol. The van der Waals surface area contributed by atoms with E-state index in [1.165, 1.54) is 11.1 Å². The molecule has 2 heterocycles. The lowest BCUT2D eigenvalue weighted by Gasteiger charge is -2.13. The van der Waals surface area contributed by atoms with Crippen molar-refractivity contribution in [2.24, 2.45) is 0 Å². The van der Waals surface area contributed by atoms with Gasteiger partial charge in [-0.25, -0.2) is 13.1 Å². The van der Waals surface area contributed by atoms with Gasteiger partial charge in [-0.2, -0.15) is 0 Å². The molecule has 0 unspecified atom stereocenters. The van der Waals surface area contributed by atoms with E-state index in [4.69, 9.17) is 9.47 Å². The van der Waals surface area contributed by atoms with E-state index >= 15 is 0 Å². The number of unbranched alkanes of at least 4 members (excludes halogenated alkanes) is 1. The SMILES string of the molecule is CCCCS(=O)(=O)NCCc1c2c(cc3c1OCC3)OCC2. The topological polar surface area (TPSA) is 64.6 Å². The molecule has 0 radical (unpaired) electrons. The second kappa shape index (κ2) is 6.46. The first kappa shape index (κ1) is 15.6. The largest absolute Gasteiger partial charge is 0.493 e. The molecule has 0 spiro atoms. The molecule has 0 atom stereocenters. The number of hydrogen-bond acceptors (Lipinski definition) is 4. The van der Waals surface area contributed by atoms with Crippen LogP contribution in [0.15, 0.2) is 6.07 Å². The summed E-state index contributed by atoms with van der Waals surface area (Å²) < 4.78 is 37.9. The van der Waals surface area contributed by atoms with Gasteiger partial charge in [0.15, 0.2) is 0 Å². The maximum absolute atomic E-state index is 11.9. The van der Waals surface area contributed by atoms with Crippen LogP contribution >= 0.6 is 0 Å². The molecule has 2 aliphatic heterocycles. The standard InChI is InChI=1S/C16H23NO4S/c1-2-3-10-22(18,19)17-7-4-14-13-6-9-20-15(13)11-12-5-8-21-16(12)14/h11,17H,2-10H2,1H3. The molecule has 122 valence electrons. The summed E-state index contributed by atoms with van der Waals surface area (Å²) in [6.45, 7) is 3.81. The first-order valence-corrected chi connectivity index (χ1v) is 9.66. The van der Waals surface area contributed by atoms with Crippen LogP contribution in [0.1, 0.15) is 36.5 Å². The fourth-order valence-corrected chi connectivity index (χ4v) is 4.31. The Morgan fingerprint density at radius 1 is 1.23 bits per heavy atom. The number of rotatable bonds is 7. The molecule has 0 bridgehead atoms. The third-order valence-electron chi connectivity index (χ3n) is 4.22. The highest BCUT2D eigenvalue weighted by Gasteiger charge is 2.26. The van der Waals surface area contributed by atoms with Crippen LogP contribution < -0.4 is 14.2 Å². The van der Waals surface area contributed by atoms with Crippen LogP contribution in [0.3, 0.4) is 0 Å². The molecule has 1 N–H and O–H groups in total. The van der Waals surface area contributed by atoms with E-state index in [1.54, 1.807) is 0 Å². The van der Waals surface area contributed by atoms with Gasteiger partial charge in [0.2, 0.25) is 10.0 Å². The van der Waals surface area contributed by atoms with E-state index in [1.807, 2.05) is 6.92 Å². The molecule has 1 aromatic rings. The zero-order chi connectivity index (χ0) is 15.6. The fourth-order valence-electron chi connectivity index (χ4n) is 3.09. The van der Waals surface area contributed by atoms with Crippen LogP contribution in [0, 0.1) is 0 Å². The summed E-state index contributed by atoms with van der Waals surface area (Å²) in [4.78, 5) is 0. The average molecular weight is 325 g/mol. The van der Waals surface area contributed by atoms with Crippen LogP contribution in [0.25, 0.3) is 0 Å². The van der Waals surface area contributed by atoms with E-state index in [9.17, 15) is 8.42 Å². The third-order valence-corrected chi connectivity index (χ3v) is 5.69. The van der Waals surface area contributed by atoms with Crippen molar-refractivity contribution >= 4 is 10.0 Å². The molecule has 0 fully saturated rings. The molecular weight excluding hydrogens is 302 g/mol. The second-order valence-corrected chi connectivity index (χ2v) is 7.76. The highest BCUT2D eigenvalue weighted by Crippen LogP contribution is 2.40. The Morgan fingerprint density at radius 2 is 2.05 bits per heavy atom. The van der Waals surface area contributed by atoms with E-state index < -0.39 is 10.0 Å². The molecule has 0 amide bonds. The monoisotopic (exact) mass is 325 g/mol. The van der Waals surface area contributed by atoms with Crippen LogP contribution in [-0.4, -0.2) is 33.9 Å². The lowest BCUT2D eigenvalue weighted by molar-refractivity contribution is 0.353. The van der Waals surface area contributed by atoms with Gasteiger partial charge < -0.3 is 9.47 Å². The molecule has 0 aliphatic carbocycles. The van der Waals surface area contributed by atoms with E-state index in [-0.39, 0.29) is 5.75 Å². The van der Waals surface area contributed by atoms with Crippen LogP contribution in [0.4, 0.5) is 0 Å². The smallest absolute Gasteiger partial charge is 0.211 e. The average Bonchev–Trinajstić information content (AvgIpc) is 3.12. The first-order chi connectivity index (χ1) is 10.6. The quantitative estimate of drug-likeness (QED) is 0.830. The maximum Gasteiger partial charge on any atom is 0.211 e. The van der Waals surface area contributed by atoms with Crippen molar-refractivity contribution in [1.82, 2.24) is 4.72 Å². The van der Waals surface area contributed by atoms with Gasteiger partial charge in [0, 0.05) is 36.1 Å². The Bertz CT molecular complexity index is 622. The van der Waals surface area contributed by atoms with Crippen molar-refractivity contribution < 1.29 is 17.9 Å². The minimum Gasteiger partial charge on any atom is -0.493 e. The summed E-state index contributed by atoms with van der Waals surface area (Å²) in [6, 6.07) is 2.08. The minimum atomic E-state index is -3.16. The number of hydrogen-bond donors (Lipinski definition) is 1. The van der Waals surface area contributed by atoms with Gasteiger partial charge in [0.1, 0.15) is 11.5 Å². The lowest BCUT2D eigenvalue weighted by atomic mass is 9.97. The lowest BCUT2D eigenvalue weighted by Crippen LogP contribution is -2.28. The zero-order valence-electron chi connectivity index (χ0n) is 13.0. The van der Waals surface area contributed by atoms with Crippen LogP contribution in [0.5, 0.6) is 11.5 Å². The Labute approximate surface area is 132 Å². The van der Waals surface area contributed by atoms with Crippen molar-refractivity contribution in [3.05, 3.63) is 22.8 Å². The molecular formula is C16H23NO4S. The highest BCUT2D eigenvalue weighted by atomic mass is 32.2. The van der Waals surface area contributed by atoms with E-state index in [0.717, 1.165) is 36.3 Å². The predicted octanol–water partition coefficient (Wildman–Crippen LogP) is 1.82. The van der Waals surface area contributed by atoms with Crippen molar-refractivity contribution in [2.75, 3.05) is 25.5 Å². The van der Waals surface area contributed by atoms with Crippen LogP contribution in [0.2, 0.25) is 0 Å². The second-order valence-electron chi connectivity index (χ2n) is 5.83. The van der Waals surface area contributed by atoms with Gasteiger partial charge in [-0.15, -0.1) is 0 Å². The maximum atomic E-state index is 11.9. The number of sulfonamides is 1. The number of benzene rings is 1. The summed E-state index contributed by atoms with van der Waals surface area (Å²) >= 11 is 0. The fraction of sp³-hybridized carbons (Fsp3) is 0.625. The Balaban J connectivity index is 1.71. The summed E-state index contributed by atoms with van der Waals surface area (Å²) in [5.74, 6) is 2.11. The van der Waals surface area contributed by atoms with Gasteiger partial charge in [-0.05, 0) is 18.9 Å². The number of fused-ring (bicyclic) bond motifs is 2. The van der Waals surface area contributed by atoms with Crippen molar-refractivity contribution in [2.45, 2.75) is 39.0 Å². The van der Waals surface area contributed by atoms with E-state index in [2.05, 4.69) is 10.8 Å². The summed E-state index contributed by atoms with van der Waals surface area (Å²) in [7, 11) is -3.16. The van der Waals surface area contributed by atoms with Crippen molar-refractivity contribution in [3.63, 3.8) is 0 Å². The van der Waals surface area contributed by atoms with Gasteiger partial charge in [-0.1, -0.05) is 13.3 Å². The first-order valence-electron chi connectivity index (χ1n) is 8.01. The van der Waals surface area contributed by atoms with Crippen LogP contribution in [-0.2, 0) is 29.3 Å². The Kier molecular flexibility index (Phi) is 4.59. The molecule has 22 heavy (non-hydrogen) atoms. The van der Waals surface area contributed by atoms with E-state index in [0.29, 0.717) is 32.6 Å². The Morgan fingerprint density at radius 3 is 2.86 bits per heavy atom. The van der Waals surface area contributed by atoms with Gasteiger partial charge in [0.05, 0.1) is 19.0 Å². The number of ether oxygens (including phenoxy) is 2. The Hall–Kier alpha value is -1.27. The molecule has 1 aromatic carbocycles. The zero-order valence-corrected chi connectivity index (χ0v) is 13.8. The molecule has 6 heteroatoms. The van der Waals surface area contributed by atoms with Gasteiger partial charge >= 0.3 is 0 Å². The molecule has 3 rings (SSSR count). The summed E-state index contributed by atoms with van der Waals surface area (Å²) in [5.41, 5.74) is 3.50. The summed E-state index contributed by atoms with van der Waals surface area (Å²) in [5, 5.41) is 0. The minimum absolute atomic E-state index is 0.202. The molecule has 2 aliphatic rings. The molecule has 0 saturated heterocycles.